The molecule has 0 aliphatic carbocycles. The molecule has 0 spiro atoms. The second kappa shape index (κ2) is 4.26. The Morgan fingerprint density at radius 3 is 2.69 bits per heavy atom. The summed E-state index contributed by atoms with van der Waals surface area (Å²) in [6, 6.07) is 7.66. The highest BCUT2D eigenvalue weighted by molar-refractivity contribution is 5.89. The van der Waals surface area contributed by atoms with Gasteiger partial charge in [0.15, 0.2) is 5.65 Å². The number of rotatable bonds is 2. The van der Waals surface area contributed by atoms with Gasteiger partial charge in [0.25, 0.3) is 0 Å². The van der Waals surface area contributed by atoms with Gasteiger partial charge in [-0.05, 0) is 30.7 Å². The molecule has 1 amide bonds. The lowest BCUT2D eigenvalue weighted by molar-refractivity contribution is -0.114. The van der Waals surface area contributed by atoms with Crippen LogP contribution in [0.1, 0.15) is 19.5 Å². The number of carbonyl (C=O) groups excluding carboxylic acids is 1. The standard InChI is InChI=1S/C12H13N3O/c1-3-10-6-4-9-5-7-11(13-8(2)16)15-12(9)14-10/h4-7H,3H2,1-2H3,(H,13,14,15,16). The fraction of sp³-hybridized carbons (Fsp3) is 0.250. The van der Waals surface area contributed by atoms with E-state index in [0.717, 1.165) is 17.5 Å². The first-order chi connectivity index (χ1) is 7.69. The molecule has 0 aromatic carbocycles. The molecule has 0 fully saturated rings. The van der Waals surface area contributed by atoms with Crippen LogP contribution in [0.3, 0.4) is 0 Å². The number of anilines is 1. The predicted molar refractivity (Wildman–Crippen MR) is 63.2 cm³/mol. The fourth-order valence-corrected chi connectivity index (χ4v) is 1.48. The van der Waals surface area contributed by atoms with E-state index in [1.54, 1.807) is 6.07 Å². The van der Waals surface area contributed by atoms with Gasteiger partial charge in [0.2, 0.25) is 5.91 Å². The summed E-state index contributed by atoms with van der Waals surface area (Å²) in [6.07, 6.45) is 0.877. The maximum Gasteiger partial charge on any atom is 0.222 e. The molecule has 2 aromatic heterocycles. The number of amides is 1. The molecule has 82 valence electrons. The van der Waals surface area contributed by atoms with E-state index >= 15 is 0 Å². The van der Waals surface area contributed by atoms with Crippen molar-refractivity contribution >= 4 is 22.8 Å². The van der Waals surface area contributed by atoms with Crippen LogP contribution in [0.15, 0.2) is 24.3 Å². The minimum absolute atomic E-state index is 0.126. The van der Waals surface area contributed by atoms with E-state index in [2.05, 4.69) is 15.3 Å². The summed E-state index contributed by atoms with van der Waals surface area (Å²) in [5, 5.41) is 3.62. The van der Waals surface area contributed by atoms with Crippen LogP contribution in [0, 0.1) is 0 Å². The number of hydrogen-bond acceptors (Lipinski definition) is 3. The molecule has 0 saturated carbocycles. The Balaban J connectivity index is 2.46. The summed E-state index contributed by atoms with van der Waals surface area (Å²) >= 11 is 0. The molecule has 2 heterocycles. The number of nitrogens with zero attached hydrogens (tertiary/aromatic N) is 2. The molecule has 0 radical (unpaired) electrons. The minimum atomic E-state index is -0.126. The maximum absolute atomic E-state index is 10.9. The van der Waals surface area contributed by atoms with Crippen molar-refractivity contribution in [3.8, 4) is 0 Å². The second-order valence-corrected chi connectivity index (χ2v) is 3.58. The number of aromatic nitrogens is 2. The largest absolute Gasteiger partial charge is 0.311 e. The van der Waals surface area contributed by atoms with Gasteiger partial charge in [0.05, 0.1) is 0 Å². The third-order valence-electron chi connectivity index (χ3n) is 2.28. The highest BCUT2D eigenvalue weighted by Gasteiger charge is 2.01. The van der Waals surface area contributed by atoms with Crippen molar-refractivity contribution < 1.29 is 4.79 Å². The molecule has 0 saturated heterocycles. The van der Waals surface area contributed by atoms with Gasteiger partial charge in [-0.1, -0.05) is 6.92 Å². The zero-order chi connectivity index (χ0) is 11.5. The van der Waals surface area contributed by atoms with E-state index in [9.17, 15) is 4.79 Å². The molecule has 0 bridgehead atoms. The Morgan fingerprint density at radius 2 is 2.00 bits per heavy atom. The van der Waals surface area contributed by atoms with Gasteiger partial charge < -0.3 is 5.32 Å². The van der Waals surface area contributed by atoms with E-state index in [-0.39, 0.29) is 5.91 Å². The Labute approximate surface area is 93.7 Å². The van der Waals surface area contributed by atoms with Gasteiger partial charge in [-0.15, -0.1) is 0 Å². The SMILES string of the molecule is CCc1ccc2ccc(NC(C)=O)nc2n1. The molecule has 16 heavy (non-hydrogen) atoms. The van der Waals surface area contributed by atoms with Crippen LogP contribution in [-0.4, -0.2) is 15.9 Å². The van der Waals surface area contributed by atoms with Crippen molar-refractivity contribution in [1.82, 2.24) is 9.97 Å². The van der Waals surface area contributed by atoms with Crippen molar-refractivity contribution in [3.63, 3.8) is 0 Å². The van der Waals surface area contributed by atoms with E-state index in [0.29, 0.717) is 11.5 Å². The van der Waals surface area contributed by atoms with Crippen LogP contribution in [-0.2, 0) is 11.2 Å². The van der Waals surface area contributed by atoms with Crippen LogP contribution < -0.4 is 5.32 Å². The van der Waals surface area contributed by atoms with Gasteiger partial charge in [-0.25, -0.2) is 9.97 Å². The average Bonchev–Trinajstić information content (AvgIpc) is 2.27. The Kier molecular flexibility index (Phi) is 2.81. The fourth-order valence-electron chi connectivity index (χ4n) is 1.48. The quantitative estimate of drug-likeness (QED) is 0.835. The summed E-state index contributed by atoms with van der Waals surface area (Å²) < 4.78 is 0. The van der Waals surface area contributed by atoms with Gasteiger partial charge in [0, 0.05) is 18.0 Å². The molecular weight excluding hydrogens is 202 g/mol. The lowest BCUT2D eigenvalue weighted by atomic mass is 10.2. The van der Waals surface area contributed by atoms with E-state index in [1.807, 2.05) is 25.1 Å². The predicted octanol–water partition coefficient (Wildman–Crippen LogP) is 2.15. The van der Waals surface area contributed by atoms with E-state index in [4.69, 9.17) is 0 Å². The summed E-state index contributed by atoms with van der Waals surface area (Å²) in [5.74, 6) is 0.416. The molecule has 2 rings (SSSR count). The second-order valence-electron chi connectivity index (χ2n) is 3.58. The number of nitrogens with one attached hydrogen (secondary N) is 1. The first-order valence-corrected chi connectivity index (χ1v) is 5.23. The maximum atomic E-state index is 10.9. The monoisotopic (exact) mass is 215 g/mol. The first-order valence-electron chi connectivity index (χ1n) is 5.23. The number of carbonyl (C=O) groups is 1. The van der Waals surface area contributed by atoms with Crippen molar-refractivity contribution in [2.24, 2.45) is 0 Å². The highest BCUT2D eigenvalue weighted by Crippen LogP contribution is 2.14. The molecule has 0 unspecified atom stereocenters. The number of aryl methyl sites for hydroxylation is 1. The zero-order valence-corrected chi connectivity index (χ0v) is 9.32. The Hall–Kier alpha value is -1.97. The lowest BCUT2D eigenvalue weighted by Gasteiger charge is -2.03. The third kappa shape index (κ3) is 2.16. The molecule has 4 nitrogen and oxygen atoms in total. The summed E-state index contributed by atoms with van der Waals surface area (Å²) in [5.41, 5.74) is 1.67. The van der Waals surface area contributed by atoms with Crippen LogP contribution >= 0.6 is 0 Å². The van der Waals surface area contributed by atoms with Crippen molar-refractivity contribution in [2.75, 3.05) is 5.32 Å². The van der Waals surface area contributed by atoms with E-state index < -0.39 is 0 Å². The third-order valence-corrected chi connectivity index (χ3v) is 2.28. The van der Waals surface area contributed by atoms with Crippen molar-refractivity contribution in [1.29, 1.82) is 0 Å². The summed E-state index contributed by atoms with van der Waals surface area (Å²) in [6.45, 7) is 3.51. The smallest absolute Gasteiger partial charge is 0.222 e. The topological polar surface area (TPSA) is 54.9 Å². The van der Waals surface area contributed by atoms with Crippen molar-refractivity contribution in [2.45, 2.75) is 20.3 Å². The normalized spacial score (nSPS) is 10.4. The molecule has 2 aromatic rings. The van der Waals surface area contributed by atoms with Crippen LogP contribution in [0.25, 0.3) is 11.0 Å². The van der Waals surface area contributed by atoms with Gasteiger partial charge in [-0.2, -0.15) is 0 Å². The highest BCUT2D eigenvalue weighted by atomic mass is 16.1. The van der Waals surface area contributed by atoms with Gasteiger partial charge >= 0.3 is 0 Å². The molecular formula is C12H13N3O. The van der Waals surface area contributed by atoms with Gasteiger partial charge in [-0.3, -0.25) is 4.79 Å². The van der Waals surface area contributed by atoms with E-state index in [1.165, 1.54) is 6.92 Å². The number of fused-ring (bicyclic) bond motifs is 1. The molecule has 0 aliphatic heterocycles. The average molecular weight is 215 g/mol. The molecule has 0 atom stereocenters. The molecule has 4 heteroatoms. The zero-order valence-electron chi connectivity index (χ0n) is 9.32. The molecule has 1 N–H and O–H groups in total. The summed E-state index contributed by atoms with van der Waals surface area (Å²) in [4.78, 5) is 19.6. The number of hydrogen-bond donors (Lipinski definition) is 1. The van der Waals surface area contributed by atoms with Crippen LogP contribution in [0.2, 0.25) is 0 Å². The Morgan fingerprint density at radius 1 is 1.25 bits per heavy atom. The van der Waals surface area contributed by atoms with Crippen LogP contribution in [0.5, 0.6) is 0 Å². The molecule has 0 aliphatic rings. The minimum Gasteiger partial charge on any atom is -0.311 e. The first kappa shape index (κ1) is 10.5. The van der Waals surface area contributed by atoms with Crippen molar-refractivity contribution in [3.05, 3.63) is 30.0 Å². The number of pyridine rings is 2. The van der Waals surface area contributed by atoms with Crippen LogP contribution in [0.4, 0.5) is 5.82 Å². The lowest BCUT2D eigenvalue weighted by Crippen LogP contribution is -2.07. The summed E-state index contributed by atoms with van der Waals surface area (Å²) in [7, 11) is 0. The Bertz CT molecular complexity index is 537. The van der Waals surface area contributed by atoms with Gasteiger partial charge in [0.1, 0.15) is 5.82 Å².